The van der Waals surface area contributed by atoms with Gasteiger partial charge in [0, 0.05) is 22.9 Å². The third-order valence-electron chi connectivity index (χ3n) is 6.60. The second-order valence-corrected chi connectivity index (χ2v) is 8.47. The van der Waals surface area contributed by atoms with Crippen molar-refractivity contribution in [1.82, 2.24) is 0 Å². The summed E-state index contributed by atoms with van der Waals surface area (Å²) in [5, 5.41) is 16.0. The predicted octanol–water partition coefficient (Wildman–Crippen LogP) is 7.47. The normalized spacial score (nSPS) is 15.6. The number of hydrogen-bond donors (Lipinski definition) is 1. The first-order valence-corrected chi connectivity index (χ1v) is 11.1. The number of aryl methyl sites for hydroxylation is 1. The van der Waals surface area contributed by atoms with Crippen LogP contribution in [0.2, 0.25) is 0 Å². The Labute approximate surface area is 187 Å². The van der Waals surface area contributed by atoms with E-state index >= 15 is 0 Å². The minimum atomic E-state index is 0.160. The van der Waals surface area contributed by atoms with E-state index in [1.54, 1.807) is 0 Å². The molecule has 1 unspecified atom stereocenters. The van der Waals surface area contributed by atoms with E-state index in [2.05, 4.69) is 78.9 Å². The van der Waals surface area contributed by atoms with Crippen LogP contribution in [0.5, 0.6) is 5.75 Å². The SMILES string of the molecule is Oc1c(C=NC2CCc3ccccc32)cccc1-c1c2ccccc2cc2ccccc12. The number of aliphatic imine (C=N–C) groups is 1. The summed E-state index contributed by atoms with van der Waals surface area (Å²) in [6.45, 7) is 0. The number of benzene rings is 5. The lowest BCUT2D eigenvalue weighted by molar-refractivity contribution is 0.476. The van der Waals surface area contributed by atoms with Crippen LogP contribution in [0, 0.1) is 0 Å². The van der Waals surface area contributed by atoms with Crippen LogP contribution in [0.25, 0.3) is 32.7 Å². The van der Waals surface area contributed by atoms with Crippen LogP contribution < -0.4 is 0 Å². The van der Waals surface area contributed by atoms with Gasteiger partial charge in [-0.2, -0.15) is 0 Å². The number of aromatic hydroxyl groups is 1. The summed E-state index contributed by atoms with van der Waals surface area (Å²) in [6.07, 6.45) is 3.93. The summed E-state index contributed by atoms with van der Waals surface area (Å²) in [6, 6.07) is 33.6. The van der Waals surface area contributed by atoms with Gasteiger partial charge in [0.2, 0.25) is 0 Å². The molecule has 0 bridgehead atoms. The van der Waals surface area contributed by atoms with Gasteiger partial charge in [0.15, 0.2) is 0 Å². The minimum absolute atomic E-state index is 0.160. The average Bonchev–Trinajstić information content (AvgIpc) is 3.25. The van der Waals surface area contributed by atoms with Crippen LogP contribution in [-0.2, 0) is 6.42 Å². The fourth-order valence-corrected chi connectivity index (χ4v) is 5.03. The molecule has 0 aromatic heterocycles. The highest BCUT2D eigenvalue weighted by Gasteiger charge is 2.21. The summed E-state index contributed by atoms with van der Waals surface area (Å²) < 4.78 is 0. The molecule has 1 N–H and O–H groups in total. The summed E-state index contributed by atoms with van der Waals surface area (Å²) in [5.41, 5.74) is 5.35. The zero-order valence-electron chi connectivity index (χ0n) is 17.7. The van der Waals surface area contributed by atoms with Gasteiger partial charge in [-0.1, -0.05) is 84.9 Å². The zero-order chi connectivity index (χ0) is 21.5. The smallest absolute Gasteiger partial charge is 0.132 e. The molecule has 0 saturated carbocycles. The molecule has 0 amide bonds. The molecule has 0 saturated heterocycles. The standard InChI is InChI=1S/C30H23NO/c32-30-23(19-31-28-17-16-20-8-1-4-12-24(20)28)11-7-15-27(30)29-25-13-5-2-9-21(25)18-22-10-3-6-14-26(22)29/h1-15,18-19,28,32H,16-17H2. The van der Waals surface area contributed by atoms with Crippen LogP contribution in [0.1, 0.15) is 29.2 Å². The molecule has 0 aliphatic heterocycles. The molecular formula is C30H23NO. The highest BCUT2D eigenvalue weighted by molar-refractivity contribution is 6.14. The number of nitrogens with zero attached hydrogens (tertiary/aromatic N) is 1. The van der Waals surface area contributed by atoms with Crippen LogP contribution in [0.15, 0.2) is 102 Å². The van der Waals surface area contributed by atoms with Gasteiger partial charge in [0.25, 0.3) is 0 Å². The minimum Gasteiger partial charge on any atom is -0.507 e. The summed E-state index contributed by atoms with van der Waals surface area (Å²) in [7, 11) is 0. The molecule has 154 valence electrons. The molecule has 5 aromatic rings. The Kier molecular flexibility index (Phi) is 4.50. The van der Waals surface area contributed by atoms with Gasteiger partial charge in [-0.25, -0.2) is 0 Å². The zero-order valence-corrected chi connectivity index (χ0v) is 17.7. The number of rotatable bonds is 3. The maximum atomic E-state index is 11.3. The molecule has 0 radical (unpaired) electrons. The van der Waals surface area contributed by atoms with E-state index in [9.17, 15) is 5.11 Å². The first-order valence-electron chi connectivity index (χ1n) is 11.1. The molecule has 1 atom stereocenters. The van der Waals surface area contributed by atoms with Crippen molar-refractivity contribution in [2.24, 2.45) is 4.99 Å². The summed E-state index contributed by atoms with van der Waals surface area (Å²) in [5.74, 6) is 0.282. The number of fused-ring (bicyclic) bond motifs is 3. The lowest BCUT2D eigenvalue weighted by Crippen LogP contribution is -1.93. The van der Waals surface area contributed by atoms with Crippen molar-refractivity contribution in [2.45, 2.75) is 18.9 Å². The molecule has 0 heterocycles. The Morgan fingerprint density at radius 2 is 1.44 bits per heavy atom. The molecule has 2 nitrogen and oxygen atoms in total. The fraction of sp³-hybridized carbons (Fsp3) is 0.100. The van der Waals surface area contributed by atoms with Gasteiger partial charge in [-0.3, -0.25) is 4.99 Å². The van der Waals surface area contributed by atoms with Crippen LogP contribution in [0.3, 0.4) is 0 Å². The number of hydrogen-bond acceptors (Lipinski definition) is 2. The fourth-order valence-electron chi connectivity index (χ4n) is 5.03. The maximum absolute atomic E-state index is 11.3. The lowest BCUT2D eigenvalue weighted by atomic mass is 9.91. The largest absolute Gasteiger partial charge is 0.507 e. The van der Waals surface area contributed by atoms with Gasteiger partial charge >= 0.3 is 0 Å². The molecule has 0 fully saturated rings. The molecule has 5 aromatic carbocycles. The third kappa shape index (κ3) is 3.07. The highest BCUT2D eigenvalue weighted by Crippen LogP contribution is 2.41. The van der Waals surface area contributed by atoms with E-state index in [4.69, 9.17) is 4.99 Å². The predicted molar refractivity (Wildman–Crippen MR) is 134 cm³/mol. The Morgan fingerprint density at radius 1 is 0.750 bits per heavy atom. The van der Waals surface area contributed by atoms with E-state index < -0.39 is 0 Å². The quantitative estimate of drug-likeness (QED) is 0.241. The summed E-state index contributed by atoms with van der Waals surface area (Å²) >= 11 is 0. The molecule has 1 aliphatic carbocycles. The first kappa shape index (κ1) is 18.8. The van der Waals surface area contributed by atoms with Crippen molar-refractivity contribution >= 4 is 27.8 Å². The second kappa shape index (κ2) is 7.65. The molecular weight excluding hydrogens is 390 g/mol. The van der Waals surface area contributed by atoms with Crippen molar-refractivity contribution in [3.8, 4) is 16.9 Å². The average molecular weight is 414 g/mol. The Morgan fingerprint density at radius 3 is 2.22 bits per heavy atom. The maximum Gasteiger partial charge on any atom is 0.132 e. The second-order valence-electron chi connectivity index (χ2n) is 8.47. The third-order valence-corrected chi connectivity index (χ3v) is 6.60. The monoisotopic (exact) mass is 413 g/mol. The van der Waals surface area contributed by atoms with Gasteiger partial charge in [-0.05, 0) is 57.6 Å². The van der Waals surface area contributed by atoms with Crippen LogP contribution >= 0.6 is 0 Å². The van der Waals surface area contributed by atoms with Crippen molar-refractivity contribution in [2.75, 3.05) is 0 Å². The molecule has 32 heavy (non-hydrogen) atoms. The number of para-hydroxylation sites is 1. The van der Waals surface area contributed by atoms with Crippen molar-refractivity contribution in [1.29, 1.82) is 0 Å². The first-order chi connectivity index (χ1) is 15.8. The molecule has 0 spiro atoms. The Hall–Kier alpha value is -3.91. The van der Waals surface area contributed by atoms with E-state index in [1.165, 1.54) is 21.9 Å². The molecule has 2 heteroatoms. The number of phenols is 1. The van der Waals surface area contributed by atoms with E-state index in [1.807, 2.05) is 24.4 Å². The molecule has 6 rings (SSSR count). The van der Waals surface area contributed by atoms with Gasteiger partial charge < -0.3 is 5.11 Å². The lowest BCUT2D eigenvalue weighted by Gasteiger charge is -2.14. The topological polar surface area (TPSA) is 32.6 Å². The van der Waals surface area contributed by atoms with Gasteiger partial charge in [-0.15, -0.1) is 0 Å². The van der Waals surface area contributed by atoms with Crippen molar-refractivity contribution in [3.63, 3.8) is 0 Å². The molecule has 1 aliphatic rings. The Bertz CT molecular complexity index is 1440. The van der Waals surface area contributed by atoms with Crippen molar-refractivity contribution in [3.05, 3.63) is 114 Å². The number of phenolic OH excluding ortho intramolecular Hbond substituents is 1. The summed E-state index contributed by atoms with van der Waals surface area (Å²) in [4.78, 5) is 4.87. The van der Waals surface area contributed by atoms with Gasteiger partial charge in [0.05, 0.1) is 6.04 Å². The van der Waals surface area contributed by atoms with E-state index in [0.717, 1.165) is 40.3 Å². The van der Waals surface area contributed by atoms with Crippen molar-refractivity contribution < 1.29 is 5.11 Å². The van der Waals surface area contributed by atoms with Crippen LogP contribution in [0.4, 0.5) is 0 Å². The van der Waals surface area contributed by atoms with E-state index in [-0.39, 0.29) is 11.8 Å². The van der Waals surface area contributed by atoms with E-state index in [0.29, 0.717) is 0 Å². The van der Waals surface area contributed by atoms with Gasteiger partial charge in [0.1, 0.15) is 5.75 Å². The highest BCUT2D eigenvalue weighted by atomic mass is 16.3. The Balaban J connectivity index is 1.49. The van der Waals surface area contributed by atoms with Crippen LogP contribution in [-0.4, -0.2) is 11.3 Å².